The van der Waals surface area contributed by atoms with Crippen LogP contribution in [0, 0.1) is 0 Å². The van der Waals surface area contributed by atoms with Crippen molar-refractivity contribution in [3.63, 3.8) is 0 Å². The molecule has 1 atom stereocenters. The van der Waals surface area contributed by atoms with E-state index in [1.165, 1.54) is 10.5 Å². The number of nitrogens with zero attached hydrogens (tertiary/aromatic N) is 5. The molecule has 0 aliphatic carbocycles. The van der Waals surface area contributed by atoms with Gasteiger partial charge >= 0.3 is 6.09 Å². The van der Waals surface area contributed by atoms with E-state index in [2.05, 4.69) is 55.5 Å². The first-order chi connectivity index (χ1) is 30.3. The van der Waals surface area contributed by atoms with Gasteiger partial charge in [0.1, 0.15) is 5.75 Å². The molecule has 1 fully saturated rings. The van der Waals surface area contributed by atoms with E-state index in [0.29, 0.717) is 80.4 Å². The number of para-hydroxylation sites is 1. The minimum atomic E-state index is -2.09. The maximum atomic E-state index is 15.4. The van der Waals surface area contributed by atoms with Gasteiger partial charge in [0, 0.05) is 80.2 Å². The van der Waals surface area contributed by atoms with Crippen LogP contribution in [0.5, 0.6) is 17.2 Å². The quantitative estimate of drug-likeness (QED) is 0.146. The highest BCUT2D eigenvalue weighted by Gasteiger charge is 2.40. The van der Waals surface area contributed by atoms with Crippen LogP contribution in [0.25, 0.3) is 11.3 Å². The van der Waals surface area contributed by atoms with Gasteiger partial charge in [-0.05, 0) is 110 Å². The predicted molar refractivity (Wildman–Crippen MR) is 246 cm³/mol. The molecule has 328 valence electrons. The number of carboxylic acid groups (broad SMARTS) is 1. The fourth-order valence-corrected chi connectivity index (χ4v) is 10.2. The minimum absolute atomic E-state index is 0.0359. The average molecular weight is 868 g/mol. The van der Waals surface area contributed by atoms with Crippen LogP contribution in [0.2, 0.25) is 18.1 Å². The van der Waals surface area contributed by atoms with Gasteiger partial charge in [-0.3, -0.25) is 19.4 Å². The molecule has 9 rings (SSSR count). The summed E-state index contributed by atoms with van der Waals surface area (Å²) in [5.74, 6) is 1.58. The smallest absolute Gasteiger partial charge is 0.407 e. The lowest BCUT2D eigenvalue weighted by molar-refractivity contribution is 0.0522. The third-order valence-electron chi connectivity index (χ3n) is 13.7. The Morgan fingerprint density at radius 3 is 2.16 bits per heavy atom. The first-order valence-corrected chi connectivity index (χ1v) is 25.1. The maximum Gasteiger partial charge on any atom is 0.407 e. The Balaban J connectivity index is 1.10. The average Bonchev–Trinajstić information content (AvgIpc) is 3.91. The van der Waals surface area contributed by atoms with Crippen molar-refractivity contribution in [2.75, 3.05) is 44.4 Å². The third kappa shape index (κ3) is 8.31. The van der Waals surface area contributed by atoms with E-state index in [9.17, 15) is 9.90 Å². The molecule has 4 aliphatic rings. The lowest BCUT2D eigenvalue weighted by Gasteiger charge is -2.42. The van der Waals surface area contributed by atoms with Gasteiger partial charge in [0.15, 0.2) is 11.5 Å². The number of benzene rings is 4. The number of hydrogen-bond donors (Lipinski definition) is 1. The Bertz CT molecular complexity index is 2520. The topological polar surface area (TPSA) is 117 Å². The molecular weight excluding hydrogens is 811 g/mol. The van der Waals surface area contributed by atoms with Gasteiger partial charge in [-0.25, -0.2) is 4.79 Å². The number of rotatable bonds is 9. The van der Waals surface area contributed by atoms with Crippen LogP contribution in [0.15, 0.2) is 97.1 Å². The number of aromatic nitrogens is 1. The molecule has 0 spiro atoms. The fourth-order valence-electron chi connectivity index (χ4n) is 9.17. The van der Waals surface area contributed by atoms with Gasteiger partial charge in [-0.1, -0.05) is 63.2 Å². The molecule has 3 amide bonds. The van der Waals surface area contributed by atoms with Crippen LogP contribution in [0.4, 0.5) is 16.2 Å². The van der Waals surface area contributed by atoms with Crippen LogP contribution in [0.3, 0.4) is 0 Å². The predicted octanol–water partition coefficient (Wildman–Crippen LogP) is 9.45. The highest BCUT2D eigenvalue weighted by Crippen LogP contribution is 2.43. The normalized spacial score (nSPS) is 17.5. The molecule has 63 heavy (non-hydrogen) atoms. The summed E-state index contributed by atoms with van der Waals surface area (Å²) >= 11 is 0. The third-order valence-corrected chi connectivity index (χ3v) is 18.1. The summed E-state index contributed by atoms with van der Waals surface area (Å²) in [4.78, 5) is 49.9. The van der Waals surface area contributed by atoms with Gasteiger partial charge in [-0.15, -0.1) is 0 Å². The maximum absolute atomic E-state index is 15.4. The molecule has 5 aromatic rings. The van der Waals surface area contributed by atoms with E-state index >= 15 is 9.59 Å². The number of anilines is 2. The Labute approximate surface area is 370 Å². The molecule has 1 N–H and O–H groups in total. The van der Waals surface area contributed by atoms with Crippen LogP contribution < -0.4 is 18.8 Å². The van der Waals surface area contributed by atoms with Crippen molar-refractivity contribution in [2.24, 2.45) is 0 Å². The monoisotopic (exact) mass is 867 g/mol. The Hall–Kier alpha value is -6.05. The lowest BCUT2D eigenvalue weighted by Crippen LogP contribution is -2.54. The number of fused-ring (bicyclic) bond motifs is 3. The lowest BCUT2D eigenvalue weighted by atomic mass is 9.92. The fraction of sp³-hybridized carbons (Fsp3) is 0.380. The molecule has 1 aromatic heterocycles. The second kappa shape index (κ2) is 16.9. The first kappa shape index (κ1) is 42.3. The van der Waals surface area contributed by atoms with Gasteiger partial charge < -0.3 is 33.4 Å². The molecule has 4 aromatic carbocycles. The van der Waals surface area contributed by atoms with Crippen LogP contribution >= 0.6 is 0 Å². The zero-order valence-electron chi connectivity index (χ0n) is 36.9. The summed E-state index contributed by atoms with van der Waals surface area (Å²) in [5.41, 5.74) is 7.31. The number of carbonyl (C=O) groups excluding carboxylic acids is 2. The first-order valence-electron chi connectivity index (χ1n) is 22.2. The van der Waals surface area contributed by atoms with Gasteiger partial charge in [0.25, 0.3) is 11.8 Å². The van der Waals surface area contributed by atoms with Gasteiger partial charge in [0.2, 0.25) is 15.1 Å². The number of hydrogen-bond acceptors (Lipinski definition) is 7. The van der Waals surface area contributed by atoms with Crippen molar-refractivity contribution in [1.82, 2.24) is 19.3 Å². The zero-order valence-corrected chi connectivity index (χ0v) is 37.9. The largest absolute Gasteiger partial charge is 0.544 e. The molecule has 12 nitrogen and oxygen atoms in total. The van der Waals surface area contributed by atoms with Crippen molar-refractivity contribution in [1.29, 1.82) is 0 Å². The number of carbonyl (C=O) groups is 3. The molecule has 5 heterocycles. The molecule has 0 bridgehead atoms. The van der Waals surface area contributed by atoms with Crippen molar-refractivity contribution < 1.29 is 33.4 Å². The number of amides is 3. The number of ether oxygens (including phenoxy) is 2. The summed E-state index contributed by atoms with van der Waals surface area (Å²) in [6, 6.07) is 31.4. The van der Waals surface area contributed by atoms with Gasteiger partial charge in [-0.2, -0.15) is 0 Å². The highest BCUT2D eigenvalue weighted by atomic mass is 28.4. The van der Waals surface area contributed by atoms with E-state index in [4.69, 9.17) is 13.9 Å². The van der Waals surface area contributed by atoms with Gasteiger partial charge in [0.05, 0.1) is 11.1 Å². The van der Waals surface area contributed by atoms with E-state index in [1.54, 1.807) is 4.90 Å². The van der Waals surface area contributed by atoms with Crippen molar-refractivity contribution in [2.45, 2.75) is 83.7 Å². The molecule has 0 radical (unpaired) electrons. The SMILES string of the molecule is CC(C)(C)[Si](C)(C)Oc1ccc(N(C(=O)c2cc(-c3cc4c(cc3C(=O)N3Cc5ccccc5CC3CN3CCN(C(=O)O)CC3)OCO4)n3c2CCCC3)c2ccccc2)cc1. The Morgan fingerprint density at radius 1 is 0.794 bits per heavy atom. The summed E-state index contributed by atoms with van der Waals surface area (Å²) < 4.78 is 20.7. The van der Waals surface area contributed by atoms with E-state index in [1.807, 2.05) is 89.8 Å². The minimum Gasteiger partial charge on any atom is -0.544 e. The van der Waals surface area contributed by atoms with E-state index in [-0.39, 0.29) is 29.7 Å². The summed E-state index contributed by atoms with van der Waals surface area (Å²) in [6.07, 6.45) is 2.38. The number of piperazine rings is 1. The van der Waals surface area contributed by atoms with Crippen molar-refractivity contribution in [3.05, 3.63) is 125 Å². The second-order valence-electron chi connectivity index (χ2n) is 18.7. The van der Waals surface area contributed by atoms with E-state index < -0.39 is 14.4 Å². The summed E-state index contributed by atoms with van der Waals surface area (Å²) in [7, 11) is -2.09. The molecule has 4 aliphatic heterocycles. The molecule has 0 saturated carbocycles. The Kier molecular flexibility index (Phi) is 11.3. The summed E-state index contributed by atoms with van der Waals surface area (Å²) in [6.45, 7) is 15.0. The van der Waals surface area contributed by atoms with Crippen molar-refractivity contribution in [3.8, 4) is 28.5 Å². The molecule has 1 saturated heterocycles. The standard InChI is InChI=1S/C50H57N5O7Si/c1-50(2,3)63(4,5)62-39-20-18-37(19-21-39)55(36-15-7-6-8-16-36)48(57)42-28-44(53-22-12-11-17-43(42)53)40-29-45-46(61-33-60-45)30-41(40)47(56)54-31-35-14-10-9-13-34(35)27-38(54)32-51-23-25-52(26-24-51)49(58)59/h6-10,13-16,18-21,28-30,38H,11-12,17,22-27,31-33H2,1-5H3,(H,58,59). The molecular formula is C50H57N5O7Si. The second-order valence-corrected chi connectivity index (χ2v) is 23.4. The highest BCUT2D eigenvalue weighted by molar-refractivity contribution is 6.74. The van der Waals surface area contributed by atoms with Crippen LogP contribution in [-0.2, 0) is 25.9 Å². The zero-order chi connectivity index (χ0) is 44.0. The summed E-state index contributed by atoms with van der Waals surface area (Å²) in [5, 5.41) is 9.63. The Morgan fingerprint density at radius 2 is 1.46 bits per heavy atom. The van der Waals surface area contributed by atoms with Crippen LogP contribution in [0.1, 0.15) is 71.1 Å². The van der Waals surface area contributed by atoms with E-state index in [0.717, 1.165) is 53.3 Å². The molecule has 1 unspecified atom stereocenters. The van der Waals surface area contributed by atoms with Crippen LogP contribution in [-0.4, -0.2) is 96.2 Å². The molecule has 13 heteroatoms. The van der Waals surface area contributed by atoms with Crippen molar-refractivity contribution >= 4 is 37.6 Å².